The predicted molar refractivity (Wildman–Crippen MR) is 76.2 cm³/mol. The molecule has 4 nitrogen and oxygen atoms in total. The van der Waals surface area contributed by atoms with Gasteiger partial charge in [0.15, 0.2) is 0 Å². The van der Waals surface area contributed by atoms with Crippen LogP contribution in [0.15, 0.2) is 41.1 Å². The fourth-order valence-electron chi connectivity index (χ4n) is 2.90. The van der Waals surface area contributed by atoms with Gasteiger partial charge in [-0.05, 0) is 18.9 Å². The standard InChI is InChI=1S/C16H20N2O2/c1-13-15(11-20-17-13)10-18-8-7-16(19,12-18)9-14-5-3-2-4-6-14/h2-6,11,19H,7-10,12H2,1H3. The second-order valence-electron chi connectivity index (χ2n) is 5.77. The average molecular weight is 272 g/mol. The molecule has 1 unspecified atom stereocenters. The van der Waals surface area contributed by atoms with E-state index in [0.29, 0.717) is 13.0 Å². The van der Waals surface area contributed by atoms with Gasteiger partial charge in [-0.15, -0.1) is 0 Å². The summed E-state index contributed by atoms with van der Waals surface area (Å²) in [5, 5.41) is 14.6. The predicted octanol–water partition coefficient (Wildman–Crippen LogP) is 2.16. The summed E-state index contributed by atoms with van der Waals surface area (Å²) in [6, 6.07) is 10.2. The van der Waals surface area contributed by atoms with Gasteiger partial charge in [-0.2, -0.15) is 0 Å². The van der Waals surface area contributed by atoms with Crippen LogP contribution in [0.5, 0.6) is 0 Å². The minimum atomic E-state index is -0.619. The van der Waals surface area contributed by atoms with E-state index in [1.807, 2.05) is 25.1 Å². The number of rotatable bonds is 4. The van der Waals surface area contributed by atoms with E-state index in [1.54, 1.807) is 6.26 Å². The lowest BCUT2D eigenvalue weighted by Crippen LogP contribution is -2.35. The Morgan fingerprint density at radius 3 is 2.85 bits per heavy atom. The zero-order valence-corrected chi connectivity index (χ0v) is 11.7. The van der Waals surface area contributed by atoms with Crippen molar-refractivity contribution < 1.29 is 9.63 Å². The van der Waals surface area contributed by atoms with Gasteiger partial charge in [0.1, 0.15) is 6.26 Å². The van der Waals surface area contributed by atoms with E-state index in [1.165, 1.54) is 5.56 Å². The summed E-state index contributed by atoms with van der Waals surface area (Å²) in [5.74, 6) is 0. The van der Waals surface area contributed by atoms with Crippen LogP contribution in [0.1, 0.15) is 23.2 Å². The van der Waals surface area contributed by atoms with Crippen LogP contribution in [0.2, 0.25) is 0 Å². The quantitative estimate of drug-likeness (QED) is 0.926. The van der Waals surface area contributed by atoms with Gasteiger partial charge in [-0.1, -0.05) is 35.5 Å². The first-order chi connectivity index (χ1) is 9.65. The van der Waals surface area contributed by atoms with Crippen LogP contribution in [-0.4, -0.2) is 33.9 Å². The number of likely N-dealkylation sites (tertiary alicyclic amines) is 1. The lowest BCUT2D eigenvalue weighted by atomic mass is 9.94. The lowest BCUT2D eigenvalue weighted by molar-refractivity contribution is 0.0488. The third-order valence-electron chi connectivity index (χ3n) is 4.03. The lowest BCUT2D eigenvalue weighted by Gasteiger charge is -2.23. The van der Waals surface area contributed by atoms with Gasteiger partial charge >= 0.3 is 0 Å². The Labute approximate surface area is 119 Å². The van der Waals surface area contributed by atoms with Crippen LogP contribution >= 0.6 is 0 Å². The molecule has 2 aromatic rings. The van der Waals surface area contributed by atoms with Crippen molar-refractivity contribution in [3.8, 4) is 0 Å². The summed E-state index contributed by atoms with van der Waals surface area (Å²) >= 11 is 0. The Morgan fingerprint density at radius 1 is 1.35 bits per heavy atom. The van der Waals surface area contributed by atoms with Crippen molar-refractivity contribution in [3.05, 3.63) is 53.4 Å². The van der Waals surface area contributed by atoms with Gasteiger partial charge in [0.25, 0.3) is 0 Å². The van der Waals surface area contributed by atoms with E-state index < -0.39 is 5.60 Å². The fourth-order valence-corrected chi connectivity index (χ4v) is 2.90. The summed E-state index contributed by atoms with van der Waals surface area (Å²) in [7, 11) is 0. The second-order valence-corrected chi connectivity index (χ2v) is 5.77. The van der Waals surface area contributed by atoms with Crippen molar-refractivity contribution in [1.29, 1.82) is 0 Å². The van der Waals surface area contributed by atoms with Gasteiger partial charge < -0.3 is 9.63 Å². The molecule has 0 saturated carbocycles. The number of aromatic nitrogens is 1. The number of benzene rings is 1. The average Bonchev–Trinajstić information content (AvgIpc) is 2.99. The number of hydrogen-bond acceptors (Lipinski definition) is 4. The summed E-state index contributed by atoms with van der Waals surface area (Å²) in [5.41, 5.74) is 2.61. The van der Waals surface area contributed by atoms with E-state index in [-0.39, 0.29) is 0 Å². The number of aryl methyl sites for hydroxylation is 1. The van der Waals surface area contributed by atoms with Crippen molar-refractivity contribution in [1.82, 2.24) is 10.1 Å². The Hall–Kier alpha value is -1.65. The van der Waals surface area contributed by atoms with Crippen LogP contribution in [-0.2, 0) is 13.0 Å². The highest BCUT2D eigenvalue weighted by Crippen LogP contribution is 2.27. The molecule has 3 rings (SSSR count). The molecule has 1 aliphatic rings. The fraction of sp³-hybridized carbons (Fsp3) is 0.438. The SMILES string of the molecule is Cc1nocc1CN1CCC(O)(Cc2ccccc2)C1. The van der Waals surface area contributed by atoms with E-state index in [4.69, 9.17) is 4.52 Å². The molecule has 1 N–H and O–H groups in total. The molecule has 106 valence electrons. The number of nitrogens with zero attached hydrogens (tertiary/aromatic N) is 2. The molecule has 1 aromatic heterocycles. The van der Waals surface area contributed by atoms with E-state index >= 15 is 0 Å². The number of hydrogen-bond donors (Lipinski definition) is 1. The van der Waals surface area contributed by atoms with Crippen molar-refractivity contribution >= 4 is 0 Å². The van der Waals surface area contributed by atoms with Gasteiger partial charge in [0.05, 0.1) is 11.3 Å². The van der Waals surface area contributed by atoms with Gasteiger partial charge in [-0.3, -0.25) is 4.90 Å². The van der Waals surface area contributed by atoms with Crippen molar-refractivity contribution in [3.63, 3.8) is 0 Å². The van der Waals surface area contributed by atoms with Crippen LogP contribution in [0, 0.1) is 6.92 Å². The molecule has 0 radical (unpaired) electrons. The monoisotopic (exact) mass is 272 g/mol. The van der Waals surface area contributed by atoms with E-state index in [9.17, 15) is 5.11 Å². The molecule has 0 amide bonds. The second kappa shape index (κ2) is 5.38. The van der Waals surface area contributed by atoms with E-state index in [0.717, 1.165) is 30.8 Å². The van der Waals surface area contributed by atoms with Crippen molar-refractivity contribution in [2.45, 2.75) is 31.9 Å². The Kier molecular flexibility index (Phi) is 3.59. The minimum Gasteiger partial charge on any atom is -0.388 e. The molecule has 0 aliphatic carbocycles. The zero-order chi connectivity index (χ0) is 14.0. The Balaban J connectivity index is 1.62. The molecular formula is C16H20N2O2. The molecule has 1 saturated heterocycles. The smallest absolute Gasteiger partial charge is 0.128 e. The molecule has 0 bridgehead atoms. The first-order valence-electron chi connectivity index (χ1n) is 7.03. The molecular weight excluding hydrogens is 252 g/mol. The van der Waals surface area contributed by atoms with Gasteiger partial charge in [0, 0.05) is 31.6 Å². The molecule has 1 aromatic carbocycles. The molecule has 1 aliphatic heterocycles. The maximum absolute atomic E-state index is 10.7. The van der Waals surface area contributed by atoms with Crippen LogP contribution < -0.4 is 0 Å². The zero-order valence-electron chi connectivity index (χ0n) is 11.7. The molecule has 2 heterocycles. The largest absolute Gasteiger partial charge is 0.388 e. The minimum absolute atomic E-state index is 0.619. The molecule has 0 spiro atoms. The van der Waals surface area contributed by atoms with Crippen molar-refractivity contribution in [2.75, 3.05) is 13.1 Å². The van der Waals surface area contributed by atoms with Crippen LogP contribution in [0.4, 0.5) is 0 Å². The molecule has 20 heavy (non-hydrogen) atoms. The van der Waals surface area contributed by atoms with Crippen molar-refractivity contribution in [2.24, 2.45) is 0 Å². The molecule has 1 fully saturated rings. The summed E-state index contributed by atoms with van der Waals surface area (Å²) in [6.45, 7) is 4.36. The summed E-state index contributed by atoms with van der Waals surface area (Å²) in [4.78, 5) is 2.27. The maximum atomic E-state index is 10.7. The first-order valence-corrected chi connectivity index (χ1v) is 7.03. The highest BCUT2D eigenvalue weighted by molar-refractivity contribution is 5.18. The van der Waals surface area contributed by atoms with Crippen LogP contribution in [0.3, 0.4) is 0 Å². The highest BCUT2D eigenvalue weighted by Gasteiger charge is 2.36. The van der Waals surface area contributed by atoms with Gasteiger partial charge in [-0.25, -0.2) is 0 Å². The Bertz CT molecular complexity index is 567. The third kappa shape index (κ3) is 2.92. The summed E-state index contributed by atoms with van der Waals surface area (Å²) < 4.78 is 4.96. The van der Waals surface area contributed by atoms with E-state index in [2.05, 4.69) is 22.2 Å². The maximum Gasteiger partial charge on any atom is 0.128 e. The Morgan fingerprint density at radius 2 is 2.15 bits per heavy atom. The highest BCUT2D eigenvalue weighted by atomic mass is 16.5. The normalized spacial score (nSPS) is 23.3. The summed E-state index contributed by atoms with van der Waals surface area (Å²) in [6.07, 6.45) is 3.23. The number of β-amino-alcohol motifs (C(OH)–C–C–N with tert-alkyl or cyclic N) is 1. The van der Waals surface area contributed by atoms with Gasteiger partial charge in [0.2, 0.25) is 0 Å². The molecule has 4 heteroatoms. The molecule has 1 atom stereocenters. The first kappa shape index (κ1) is 13.3. The third-order valence-corrected chi connectivity index (χ3v) is 4.03. The topological polar surface area (TPSA) is 49.5 Å². The number of aliphatic hydroxyl groups is 1. The van der Waals surface area contributed by atoms with Crippen LogP contribution in [0.25, 0.3) is 0 Å².